The molecule has 0 aliphatic heterocycles. The van der Waals surface area contributed by atoms with Crippen molar-refractivity contribution >= 4 is 17.4 Å². The molecule has 0 unspecified atom stereocenters. The molecule has 1 amide bonds. The predicted molar refractivity (Wildman–Crippen MR) is 81.0 cm³/mol. The molecule has 0 saturated heterocycles. The van der Waals surface area contributed by atoms with Crippen molar-refractivity contribution in [2.45, 2.75) is 39.2 Å². The van der Waals surface area contributed by atoms with Crippen molar-refractivity contribution in [3.8, 4) is 0 Å². The highest BCUT2D eigenvalue weighted by atomic mass is 32.1. The summed E-state index contributed by atoms with van der Waals surface area (Å²) in [4.78, 5) is 12.8. The third-order valence-corrected chi connectivity index (χ3v) is 3.95. The van der Waals surface area contributed by atoms with Gasteiger partial charge in [0.2, 0.25) is 0 Å². The quantitative estimate of drug-likeness (QED) is 0.889. The Balaban J connectivity index is 1.85. The van der Waals surface area contributed by atoms with Gasteiger partial charge in [0, 0.05) is 6.04 Å². The lowest BCUT2D eigenvalue weighted by molar-refractivity contribution is 0.0941. The number of aryl methyl sites for hydroxylation is 2. The number of aromatic nitrogens is 2. The van der Waals surface area contributed by atoms with Crippen LogP contribution in [0.15, 0.2) is 30.3 Å². The summed E-state index contributed by atoms with van der Waals surface area (Å²) < 4.78 is 3.85. The van der Waals surface area contributed by atoms with E-state index in [1.807, 2.05) is 32.0 Å². The Hall–Kier alpha value is -1.75. The van der Waals surface area contributed by atoms with Gasteiger partial charge in [-0.05, 0) is 43.3 Å². The fourth-order valence-corrected chi connectivity index (χ4v) is 2.66. The average molecular weight is 289 g/mol. The summed E-state index contributed by atoms with van der Waals surface area (Å²) >= 11 is 1.17. The lowest BCUT2D eigenvalue weighted by Crippen LogP contribution is -2.32. The van der Waals surface area contributed by atoms with E-state index in [0.717, 1.165) is 25.0 Å². The number of hydrogen-bond acceptors (Lipinski definition) is 4. The first-order chi connectivity index (χ1) is 9.70. The molecule has 0 radical (unpaired) electrons. The Bertz CT molecular complexity index is 553. The fraction of sp³-hybridized carbons (Fsp3) is 0.400. The van der Waals surface area contributed by atoms with Crippen LogP contribution in [0.1, 0.15) is 41.2 Å². The van der Waals surface area contributed by atoms with Gasteiger partial charge in [-0.2, -0.15) is 0 Å². The molecule has 20 heavy (non-hydrogen) atoms. The van der Waals surface area contributed by atoms with Crippen molar-refractivity contribution in [2.24, 2.45) is 0 Å². The molecule has 2 aromatic rings. The van der Waals surface area contributed by atoms with Gasteiger partial charge < -0.3 is 5.32 Å². The van der Waals surface area contributed by atoms with Crippen LogP contribution in [0.25, 0.3) is 0 Å². The van der Waals surface area contributed by atoms with Gasteiger partial charge in [-0.3, -0.25) is 4.79 Å². The molecule has 106 valence electrons. The van der Waals surface area contributed by atoms with Crippen LogP contribution < -0.4 is 5.32 Å². The number of benzene rings is 1. The molecular formula is C15H19N3OS. The summed E-state index contributed by atoms with van der Waals surface area (Å²) in [6, 6.07) is 10.4. The topological polar surface area (TPSA) is 54.9 Å². The summed E-state index contributed by atoms with van der Waals surface area (Å²) in [6.07, 6.45) is 2.62. The number of nitrogens with one attached hydrogen (secondary N) is 1. The van der Waals surface area contributed by atoms with E-state index >= 15 is 0 Å². The molecule has 0 aliphatic carbocycles. The van der Waals surface area contributed by atoms with Crippen LogP contribution in [0.2, 0.25) is 0 Å². The van der Waals surface area contributed by atoms with Gasteiger partial charge in [0.15, 0.2) is 0 Å². The minimum atomic E-state index is -0.0580. The molecule has 0 saturated carbocycles. The van der Waals surface area contributed by atoms with Gasteiger partial charge in [-0.15, -0.1) is 5.10 Å². The highest BCUT2D eigenvalue weighted by molar-refractivity contribution is 7.08. The van der Waals surface area contributed by atoms with Crippen molar-refractivity contribution in [3.63, 3.8) is 0 Å². The van der Waals surface area contributed by atoms with E-state index in [1.54, 1.807) is 0 Å². The van der Waals surface area contributed by atoms with Crippen LogP contribution in [-0.2, 0) is 12.8 Å². The van der Waals surface area contributed by atoms with Crippen molar-refractivity contribution < 1.29 is 4.79 Å². The molecule has 2 rings (SSSR count). The second kappa shape index (κ2) is 7.14. The number of amides is 1. The van der Waals surface area contributed by atoms with Crippen LogP contribution in [0, 0.1) is 0 Å². The highest BCUT2D eigenvalue weighted by Gasteiger charge is 2.16. The zero-order valence-corrected chi connectivity index (χ0v) is 12.6. The summed E-state index contributed by atoms with van der Waals surface area (Å²) in [5.74, 6) is -0.0580. The minimum Gasteiger partial charge on any atom is -0.349 e. The van der Waals surface area contributed by atoms with Gasteiger partial charge in [0.25, 0.3) is 5.91 Å². The lowest BCUT2D eigenvalue weighted by atomic mass is 10.1. The number of nitrogens with zero attached hydrogens (tertiary/aromatic N) is 2. The number of hydrogen-bond donors (Lipinski definition) is 1. The Labute approximate surface area is 123 Å². The third kappa shape index (κ3) is 3.87. The molecule has 0 spiro atoms. The molecule has 0 aliphatic rings. The summed E-state index contributed by atoms with van der Waals surface area (Å²) in [6.45, 7) is 4.01. The van der Waals surface area contributed by atoms with Crippen molar-refractivity contribution in [1.29, 1.82) is 0 Å². The molecule has 1 heterocycles. The largest absolute Gasteiger partial charge is 0.349 e. The molecule has 0 fully saturated rings. The second-order valence-corrected chi connectivity index (χ2v) is 5.56. The maximum atomic E-state index is 12.1. The SMILES string of the molecule is CCc1nnsc1C(=O)N[C@H](C)CCc1ccccc1. The van der Waals surface area contributed by atoms with Crippen LogP contribution in [-0.4, -0.2) is 21.5 Å². The molecule has 1 atom stereocenters. The van der Waals surface area contributed by atoms with Crippen LogP contribution in [0.3, 0.4) is 0 Å². The molecule has 1 aromatic carbocycles. The highest BCUT2D eigenvalue weighted by Crippen LogP contribution is 2.12. The minimum absolute atomic E-state index is 0.0580. The third-order valence-electron chi connectivity index (χ3n) is 3.18. The van der Waals surface area contributed by atoms with E-state index < -0.39 is 0 Å². The zero-order valence-electron chi connectivity index (χ0n) is 11.8. The first-order valence-corrected chi connectivity index (χ1v) is 7.64. The maximum Gasteiger partial charge on any atom is 0.265 e. The molecule has 4 nitrogen and oxygen atoms in total. The Morgan fingerprint density at radius 2 is 2.10 bits per heavy atom. The Morgan fingerprint density at radius 3 is 2.80 bits per heavy atom. The molecule has 1 aromatic heterocycles. The standard InChI is InChI=1S/C15H19N3OS/c1-3-13-14(20-18-17-13)15(19)16-11(2)9-10-12-7-5-4-6-8-12/h4-8,11H,3,9-10H2,1-2H3,(H,16,19)/t11-/m1/s1. The van der Waals surface area contributed by atoms with E-state index in [9.17, 15) is 4.79 Å². The van der Waals surface area contributed by atoms with Crippen molar-refractivity contribution in [3.05, 3.63) is 46.5 Å². The molecular weight excluding hydrogens is 270 g/mol. The van der Waals surface area contributed by atoms with Gasteiger partial charge in [0.1, 0.15) is 4.88 Å². The summed E-state index contributed by atoms with van der Waals surface area (Å²) in [5, 5.41) is 6.98. The van der Waals surface area contributed by atoms with Gasteiger partial charge >= 0.3 is 0 Å². The fourth-order valence-electron chi connectivity index (χ4n) is 2.00. The van der Waals surface area contributed by atoms with Crippen molar-refractivity contribution in [2.75, 3.05) is 0 Å². The predicted octanol–water partition coefficient (Wildman–Crippen LogP) is 2.85. The smallest absolute Gasteiger partial charge is 0.265 e. The number of carbonyl (C=O) groups excluding carboxylic acids is 1. The summed E-state index contributed by atoms with van der Waals surface area (Å²) in [7, 11) is 0. The Kier molecular flexibility index (Phi) is 5.24. The van der Waals surface area contributed by atoms with Crippen LogP contribution >= 0.6 is 11.5 Å². The first kappa shape index (κ1) is 14.7. The summed E-state index contributed by atoms with van der Waals surface area (Å²) in [5.41, 5.74) is 2.07. The lowest BCUT2D eigenvalue weighted by Gasteiger charge is -2.13. The van der Waals surface area contributed by atoms with Crippen LogP contribution in [0.5, 0.6) is 0 Å². The first-order valence-electron chi connectivity index (χ1n) is 6.86. The van der Waals surface area contributed by atoms with Gasteiger partial charge in [-0.25, -0.2) is 0 Å². The van der Waals surface area contributed by atoms with E-state index in [4.69, 9.17) is 0 Å². The number of carbonyl (C=O) groups is 1. The second-order valence-electron chi connectivity index (χ2n) is 4.80. The van der Waals surface area contributed by atoms with Crippen molar-refractivity contribution in [1.82, 2.24) is 14.9 Å². The van der Waals surface area contributed by atoms with Crippen LogP contribution in [0.4, 0.5) is 0 Å². The monoisotopic (exact) mass is 289 g/mol. The van der Waals surface area contributed by atoms with E-state index in [2.05, 4.69) is 27.0 Å². The normalized spacial score (nSPS) is 12.1. The maximum absolute atomic E-state index is 12.1. The van der Waals surface area contributed by atoms with Gasteiger partial charge in [-0.1, -0.05) is 41.7 Å². The van der Waals surface area contributed by atoms with E-state index in [-0.39, 0.29) is 11.9 Å². The van der Waals surface area contributed by atoms with E-state index in [1.165, 1.54) is 17.1 Å². The molecule has 0 bridgehead atoms. The number of rotatable bonds is 6. The van der Waals surface area contributed by atoms with E-state index in [0.29, 0.717) is 4.88 Å². The zero-order chi connectivity index (χ0) is 14.4. The average Bonchev–Trinajstić information content (AvgIpc) is 2.95. The van der Waals surface area contributed by atoms with Gasteiger partial charge in [0.05, 0.1) is 5.69 Å². The molecule has 5 heteroatoms. The molecule has 1 N–H and O–H groups in total. The Morgan fingerprint density at radius 1 is 1.35 bits per heavy atom.